The van der Waals surface area contributed by atoms with Crippen LogP contribution in [0.4, 0.5) is 0 Å². The van der Waals surface area contributed by atoms with Gasteiger partial charge in [-0.05, 0) is 83.5 Å². The van der Waals surface area contributed by atoms with Gasteiger partial charge in [-0.3, -0.25) is 14.4 Å². The first-order chi connectivity index (χ1) is 28.5. The minimum absolute atomic E-state index is 0.107. The summed E-state index contributed by atoms with van der Waals surface area (Å²) in [5.41, 5.74) is 0. The molecule has 0 aliphatic carbocycles. The van der Waals surface area contributed by atoms with Crippen molar-refractivity contribution in [3.05, 3.63) is 72.9 Å². The van der Waals surface area contributed by atoms with Gasteiger partial charge in [-0.15, -0.1) is 0 Å². The molecule has 0 aromatic carbocycles. The van der Waals surface area contributed by atoms with E-state index in [0.717, 1.165) is 77.0 Å². The van der Waals surface area contributed by atoms with Crippen molar-refractivity contribution in [2.45, 2.75) is 226 Å². The predicted molar refractivity (Wildman–Crippen MR) is 247 cm³/mol. The van der Waals surface area contributed by atoms with Crippen LogP contribution in [-0.4, -0.2) is 37.2 Å². The maximum Gasteiger partial charge on any atom is 0.306 e. The maximum atomic E-state index is 12.7. The van der Waals surface area contributed by atoms with Crippen LogP contribution in [0, 0.1) is 0 Å². The van der Waals surface area contributed by atoms with Crippen molar-refractivity contribution in [1.29, 1.82) is 0 Å². The summed E-state index contributed by atoms with van der Waals surface area (Å²) in [5, 5.41) is 0. The summed E-state index contributed by atoms with van der Waals surface area (Å²) in [6.45, 7) is 6.39. The third kappa shape index (κ3) is 44.0. The molecular formula is C52H88O6. The zero-order chi connectivity index (χ0) is 42.3. The quantitative estimate of drug-likeness (QED) is 0.0201. The molecule has 0 N–H and O–H groups in total. The standard InChI is InChI=1S/C52H88O6/c1-4-7-10-13-16-19-22-25-26-28-30-33-36-39-42-45-51(54)57-48-49(47-56-50(53)44-41-38-35-32-29-24-21-18-15-12-9-6-3)58-52(55)46-43-40-37-34-31-27-23-20-17-14-11-8-5-2/h7,10,13,16,18-19,21-22,27,31,37,40,49H,4-6,8-9,11-12,14-15,17,20,23-26,28-30,32-36,38-39,41-48H2,1-3H3/b10-7-,16-13-,21-18-,22-19-,31-27-,40-37-. The Bertz CT molecular complexity index is 1110. The molecule has 1 unspecified atom stereocenters. The van der Waals surface area contributed by atoms with E-state index < -0.39 is 6.10 Å². The van der Waals surface area contributed by atoms with Crippen LogP contribution in [0.2, 0.25) is 0 Å². The number of carbonyl (C=O) groups excluding carboxylic acids is 3. The van der Waals surface area contributed by atoms with E-state index in [4.69, 9.17) is 14.2 Å². The molecule has 0 fully saturated rings. The Hall–Kier alpha value is -3.15. The molecule has 1 atom stereocenters. The Labute approximate surface area is 357 Å². The molecule has 0 saturated carbocycles. The van der Waals surface area contributed by atoms with Gasteiger partial charge in [0.05, 0.1) is 0 Å². The van der Waals surface area contributed by atoms with E-state index in [-0.39, 0.29) is 37.5 Å². The zero-order valence-corrected chi connectivity index (χ0v) is 37.8. The molecule has 6 nitrogen and oxygen atoms in total. The topological polar surface area (TPSA) is 78.9 Å². The highest BCUT2D eigenvalue weighted by molar-refractivity contribution is 5.71. The fraction of sp³-hybridized carbons (Fsp3) is 0.712. The molecule has 0 spiro atoms. The Morgan fingerprint density at radius 3 is 1.29 bits per heavy atom. The SMILES string of the molecule is CC\C=C/C=C\C=C/CCCCCCCCCC(=O)OCC(COC(=O)CCCCCCC/C=C\CCCCC)OC(=O)CC/C=C\C/C=C\CCCCCCCC. The minimum Gasteiger partial charge on any atom is -0.462 e. The average molecular weight is 809 g/mol. The van der Waals surface area contributed by atoms with Crippen molar-refractivity contribution in [2.24, 2.45) is 0 Å². The Balaban J connectivity index is 4.48. The lowest BCUT2D eigenvalue weighted by atomic mass is 10.1. The van der Waals surface area contributed by atoms with Crippen LogP contribution in [0.3, 0.4) is 0 Å². The van der Waals surface area contributed by atoms with Crippen LogP contribution in [0.15, 0.2) is 72.9 Å². The summed E-state index contributed by atoms with van der Waals surface area (Å²) in [6.07, 6.45) is 57.5. The molecule has 0 amide bonds. The van der Waals surface area contributed by atoms with Gasteiger partial charge in [-0.25, -0.2) is 0 Å². The van der Waals surface area contributed by atoms with E-state index in [1.165, 1.54) is 96.3 Å². The van der Waals surface area contributed by atoms with Gasteiger partial charge >= 0.3 is 17.9 Å². The molecule has 0 heterocycles. The molecule has 0 rings (SSSR count). The van der Waals surface area contributed by atoms with Crippen molar-refractivity contribution in [3.8, 4) is 0 Å². The van der Waals surface area contributed by atoms with Gasteiger partial charge in [0.1, 0.15) is 13.2 Å². The van der Waals surface area contributed by atoms with Crippen molar-refractivity contribution >= 4 is 17.9 Å². The lowest BCUT2D eigenvalue weighted by Gasteiger charge is -2.18. The number of esters is 3. The molecule has 0 aliphatic heterocycles. The molecule has 0 aromatic rings. The second-order valence-electron chi connectivity index (χ2n) is 15.7. The van der Waals surface area contributed by atoms with E-state index in [9.17, 15) is 14.4 Å². The summed E-state index contributed by atoms with van der Waals surface area (Å²) in [5.74, 6) is -0.999. The van der Waals surface area contributed by atoms with Crippen molar-refractivity contribution < 1.29 is 28.6 Å². The predicted octanol–water partition coefficient (Wildman–Crippen LogP) is 15.5. The van der Waals surface area contributed by atoms with E-state index in [1.54, 1.807) is 0 Å². The molecule has 0 aliphatic rings. The molecule has 58 heavy (non-hydrogen) atoms. The highest BCUT2D eigenvalue weighted by Gasteiger charge is 2.19. The normalized spacial score (nSPS) is 12.7. The zero-order valence-electron chi connectivity index (χ0n) is 37.8. The minimum atomic E-state index is -0.812. The van der Waals surface area contributed by atoms with Crippen LogP contribution in [-0.2, 0) is 28.6 Å². The van der Waals surface area contributed by atoms with Crippen molar-refractivity contribution in [3.63, 3.8) is 0 Å². The maximum absolute atomic E-state index is 12.7. The van der Waals surface area contributed by atoms with Gasteiger partial charge in [-0.1, -0.05) is 190 Å². The molecule has 0 aromatic heterocycles. The van der Waals surface area contributed by atoms with Crippen LogP contribution in [0.1, 0.15) is 220 Å². The Morgan fingerprint density at radius 1 is 0.379 bits per heavy atom. The fourth-order valence-electron chi connectivity index (χ4n) is 6.37. The van der Waals surface area contributed by atoms with E-state index >= 15 is 0 Å². The first kappa shape index (κ1) is 54.9. The highest BCUT2D eigenvalue weighted by Crippen LogP contribution is 2.13. The van der Waals surface area contributed by atoms with E-state index in [2.05, 4.69) is 87.6 Å². The van der Waals surface area contributed by atoms with Gasteiger partial charge in [0, 0.05) is 19.3 Å². The summed E-state index contributed by atoms with van der Waals surface area (Å²) >= 11 is 0. The molecular weight excluding hydrogens is 721 g/mol. The number of hydrogen-bond donors (Lipinski definition) is 0. The monoisotopic (exact) mass is 809 g/mol. The van der Waals surface area contributed by atoms with Crippen LogP contribution in [0.25, 0.3) is 0 Å². The average Bonchev–Trinajstić information content (AvgIpc) is 3.22. The van der Waals surface area contributed by atoms with Gasteiger partial charge in [-0.2, -0.15) is 0 Å². The molecule has 6 heteroatoms. The second kappa shape index (κ2) is 46.5. The van der Waals surface area contributed by atoms with Crippen LogP contribution in [0.5, 0.6) is 0 Å². The summed E-state index contributed by atoms with van der Waals surface area (Å²) in [4.78, 5) is 37.8. The lowest BCUT2D eigenvalue weighted by molar-refractivity contribution is -0.166. The van der Waals surface area contributed by atoms with Crippen molar-refractivity contribution in [2.75, 3.05) is 13.2 Å². The fourth-order valence-corrected chi connectivity index (χ4v) is 6.37. The summed E-state index contributed by atoms with van der Waals surface area (Å²) in [6, 6.07) is 0. The highest BCUT2D eigenvalue weighted by atomic mass is 16.6. The van der Waals surface area contributed by atoms with Gasteiger partial charge in [0.15, 0.2) is 6.10 Å². The van der Waals surface area contributed by atoms with Gasteiger partial charge in [0.25, 0.3) is 0 Å². The smallest absolute Gasteiger partial charge is 0.306 e. The van der Waals surface area contributed by atoms with Crippen LogP contribution >= 0.6 is 0 Å². The number of ether oxygens (including phenoxy) is 3. The Morgan fingerprint density at radius 2 is 0.776 bits per heavy atom. The number of unbranched alkanes of at least 4 members (excludes halogenated alkanes) is 21. The number of rotatable bonds is 42. The third-order valence-electron chi connectivity index (χ3n) is 9.99. The third-order valence-corrected chi connectivity index (χ3v) is 9.99. The van der Waals surface area contributed by atoms with Crippen LogP contribution < -0.4 is 0 Å². The number of allylic oxidation sites excluding steroid dienone is 12. The summed E-state index contributed by atoms with van der Waals surface area (Å²) in [7, 11) is 0. The number of carbonyl (C=O) groups is 3. The second-order valence-corrected chi connectivity index (χ2v) is 15.7. The lowest BCUT2D eigenvalue weighted by Crippen LogP contribution is -2.30. The summed E-state index contributed by atoms with van der Waals surface area (Å²) < 4.78 is 16.7. The van der Waals surface area contributed by atoms with Gasteiger partial charge in [0.2, 0.25) is 0 Å². The molecule has 332 valence electrons. The molecule has 0 saturated heterocycles. The number of hydrogen-bond acceptors (Lipinski definition) is 6. The molecule has 0 radical (unpaired) electrons. The first-order valence-electron chi connectivity index (χ1n) is 24.0. The van der Waals surface area contributed by atoms with Crippen molar-refractivity contribution in [1.82, 2.24) is 0 Å². The Kier molecular flexibility index (Phi) is 44.0. The molecule has 0 bridgehead atoms. The van der Waals surface area contributed by atoms with E-state index in [0.29, 0.717) is 19.3 Å². The van der Waals surface area contributed by atoms with E-state index in [1.807, 2.05) is 6.08 Å². The van der Waals surface area contributed by atoms with Gasteiger partial charge < -0.3 is 14.2 Å². The largest absolute Gasteiger partial charge is 0.462 e. The first-order valence-corrected chi connectivity index (χ1v) is 24.0.